The van der Waals surface area contributed by atoms with Crippen molar-refractivity contribution < 1.29 is 27.8 Å². The first-order valence-electron chi connectivity index (χ1n) is 6.42. The number of ether oxygens (including phenoxy) is 2. The Morgan fingerprint density at radius 3 is 2.35 bits per heavy atom. The van der Waals surface area contributed by atoms with Gasteiger partial charge in [-0.25, -0.2) is 0 Å². The Balaban J connectivity index is 1.76. The minimum absolute atomic E-state index is 0.0873. The predicted octanol–water partition coefficient (Wildman–Crippen LogP) is 2.63. The molecule has 1 aliphatic carbocycles. The van der Waals surface area contributed by atoms with Crippen LogP contribution in [0, 0.1) is 5.41 Å². The molecule has 6 heteroatoms. The highest BCUT2D eigenvalue weighted by atomic mass is 19.4. The second kappa shape index (κ2) is 4.36. The van der Waals surface area contributed by atoms with Gasteiger partial charge in [-0.3, -0.25) is 0 Å². The van der Waals surface area contributed by atoms with Crippen LogP contribution in [0.5, 0.6) is 5.75 Å². The molecule has 2 aliphatic heterocycles. The molecule has 3 fully saturated rings. The Morgan fingerprint density at radius 1 is 1.15 bits per heavy atom. The summed E-state index contributed by atoms with van der Waals surface area (Å²) >= 11 is 0. The van der Waals surface area contributed by atoms with Crippen LogP contribution in [0.25, 0.3) is 0 Å². The van der Waals surface area contributed by atoms with Crippen LogP contribution in [0.3, 0.4) is 0 Å². The molecule has 2 bridgehead atoms. The lowest BCUT2D eigenvalue weighted by molar-refractivity contribution is -0.274. The standard InChI is InChI=1S/C14H15F3O3/c15-14(16,17)20-11-3-1-10(2-4-11)13-5-12(6-13,7-18)8-19-9-13/h1-4,18H,5-9H2. The van der Waals surface area contributed by atoms with Crippen LogP contribution in [-0.2, 0) is 10.2 Å². The van der Waals surface area contributed by atoms with Gasteiger partial charge >= 0.3 is 6.36 Å². The number of fused-ring (bicyclic) bond motifs is 2. The number of hydrogen-bond donors (Lipinski definition) is 1. The molecule has 2 heterocycles. The maximum absolute atomic E-state index is 12.1. The molecule has 1 N–H and O–H groups in total. The van der Waals surface area contributed by atoms with Gasteiger partial charge in [-0.05, 0) is 30.5 Å². The van der Waals surface area contributed by atoms with E-state index in [-0.39, 0.29) is 23.2 Å². The second-order valence-corrected chi connectivity index (χ2v) is 5.86. The van der Waals surface area contributed by atoms with E-state index in [2.05, 4.69) is 4.74 Å². The smallest absolute Gasteiger partial charge is 0.406 e. The molecule has 1 saturated carbocycles. The molecule has 1 aromatic carbocycles. The molecule has 3 aliphatic rings. The number of alkyl halides is 3. The van der Waals surface area contributed by atoms with E-state index in [1.165, 1.54) is 12.1 Å². The monoisotopic (exact) mass is 288 g/mol. The van der Waals surface area contributed by atoms with Gasteiger partial charge in [-0.2, -0.15) is 0 Å². The van der Waals surface area contributed by atoms with Gasteiger partial charge in [0.15, 0.2) is 0 Å². The summed E-state index contributed by atoms with van der Waals surface area (Å²) < 4.78 is 45.7. The van der Waals surface area contributed by atoms with Crippen LogP contribution in [0.15, 0.2) is 24.3 Å². The first kappa shape index (κ1) is 13.7. The summed E-state index contributed by atoms with van der Waals surface area (Å²) in [5.41, 5.74) is 0.604. The third kappa shape index (κ3) is 2.27. The van der Waals surface area contributed by atoms with Crippen molar-refractivity contribution in [2.75, 3.05) is 19.8 Å². The number of aliphatic hydroxyl groups excluding tert-OH is 1. The molecule has 0 unspecified atom stereocenters. The summed E-state index contributed by atoms with van der Waals surface area (Å²) in [6, 6.07) is 5.95. The van der Waals surface area contributed by atoms with E-state index in [9.17, 15) is 18.3 Å². The Labute approximate surface area is 114 Å². The molecule has 0 spiro atoms. The second-order valence-electron chi connectivity index (χ2n) is 5.86. The van der Waals surface area contributed by atoms with Crippen LogP contribution in [0.1, 0.15) is 18.4 Å². The molecule has 110 valence electrons. The molecule has 2 saturated heterocycles. The zero-order chi connectivity index (χ0) is 14.4. The molecule has 0 aromatic heterocycles. The first-order valence-corrected chi connectivity index (χ1v) is 6.42. The van der Waals surface area contributed by atoms with Crippen molar-refractivity contribution in [3.63, 3.8) is 0 Å². The van der Waals surface area contributed by atoms with Crippen LogP contribution in [0.2, 0.25) is 0 Å². The van der Waals surface area contributed by atoms with E-state index >= 15 is 0 Å². The van der Waals surface area contributed by atoms with Gasteiger partial charge < -0.3 is 14.6 Å². The molecule has 1 aromatic rings. The Hall–Kier alpha value is -1.27. The normalized spacial score (nSPS) is 32.6. The fraction of sp³-hybridized carbons (Fsp3) is 0.571. The van der Waals surface area contributed by atoms with Crippen LogP contribution in [-0.4, -0.2) is 31.3 Å². The van der Waals surface area contributed by atoms with Crippen LogP contribution < -0.4 is 4.74 Å². The number of halogens is 3. The van der Waals surface area contributed by atoms with Gasteiger partial charge in [0.25, 0.3) is 0 Å². The zero-order valence-corrected chi connectivity index (χ0v) is 10.7. The SMILES string of the molecule is OCC12COCC(c3ccc(OC(F)(F)F)cc3)(C1)C2. The van der Waals surface area contributed by atoms with E-state index in [1.807, 2.05) is 0 Å². The average Bonchev–Trinajstić information content (AvgIpc) is 2.37. The Kier molecular flexibility index (Phi) is 2.99. The van der Waals surface area contributed by atoms with E-state index < -0.39 is 6.36 Å². The van der Waals surface area contributed by atoms with Gasteiger partial charge in [-0.1, -0.05) is 12.1 Å². The quantitative estimate of drug-likeness (QED) is 0.929. The zero-order valence-electron chi connectivity index (χ0n) is 10.7. The fourth-order valence-corrected chi connectivity index (χ4v) is 3.51. The molecule has 20 heavy (non-hydrogen) atoms. The van der Waals surface area contributed by atoms with Crippen molar-refractivity contribution in [3.8, 4) is 5.75 Å². The van der Waals surface area contributed by atoms with E-state index in [4.69, 9.17) is 4.74 Å². The highest BCUT2D eigenvalue weighted by molar-refractivity contribution is 5.36. The Bertz CT molecular complexity index is 489. The lowest BCUT2D eigenvalue weighted by Gasteiger charge is -2.59. The van der Waals surface area contributed by atoms with Gasteiger partial charge in [0.05, 0.1) is 19.8 Å². The molecular weight excluding hydrogens is 273 g/mol. The maximum atomic E-state index is 12.1. The van der Waals surface area contributed by atoms with Crippen molar-refractivity contribution >= 4 is 0 Å². The van der Waals surface area contributed by atoms with Crippen molar-refractivity contribution in [3.05, 3.63) is 29.8 Å². The van der Waals surface area contributed by atoms with Crippen molar-refractivity contribution in [2.24, 2.45) is 5.41 Å². The first-order chi connectivity index (χ1) is 9.37. The summed E-state index contributed by atoms with van der Waals surface area (Å²) in [5, 5.41) is 9.40. The summed E-state index contributed by atoms with van der Waals surface area (Å²) in [4.78, 5) is 0. The van der Waals surface area contributed by atoms with E-state index in [0.29, 0.717) is 13.2 Å². The topological polar surface area (TPSA) is 38.7 Å². The highest BCUT2D eigenvalue weighted by Gasteiger charge is 2.58. The van der Waals surface area contributed by atoms with Gasteiger partial charge in [0, 0.05) is 10.8 Å². The fourth-order valence-electron chi connectivity index (χ4n) is 3.51. The molecule has 0 amide bonds. The molecule has 3 nitrogen and oxygen atoms in total. The predicted molar refractivity (Wildman–Crippen MR) is 64.4 cm³/mol. The van der Waals surface area contributed by atoms with Gasteiger partial charge in [0.2, 0.25) is 0 Å². The van der Waals surface area contributed by atoms with Crippen molar-refractivity contribution in [1.29, 1.82) is 0 Å². The lowest BCUT2D eigenvalue weighted by Crippen LogP contribution is -2.60. The minimum Gasteiger partial charge on any atom is -0.406 e. The molecule has 0 radical (unpaired) electrons. The number of aliphatic hydroxyl groups is 1. The lowest BCUT2D eigenvalue weighted by atomic mass is 9.50. The third-order valence-electron chi connectivity index (χ3n) is 4.25. The minimum atomic E-state index is -4.67. The van der Waals surface area contributed by atoms with Gasteiger partial charge in [0.1, 0.15) is 5.75 Å². The van der Waals surface area contributed by atoms with E-state index in [0.717, 1.165) is 18.4 Å². The average molecular weight is 288 g/mol. The van der Waals surface area contributed by atoms with E-state index in [1.54, 1.807) is 12.1 Å². The summed E-state index contributed by atoms with van der Waals surface area (Å²) in [6.07, 6.45) is -3.04. The number of rotatable bonds is 3. The number of benzene rings is 1. The molecule has 4 rings (SSSR count). The third-order valence-corrected chi connectivity index (χ3v) is 4.25. The van der Waals surface area contributed by atoms with Crippen molar-refractivity contribution in [1.82, 2.24) is 0 Å². The van der Waals surface area contributed by atoms with Crippen LogP contribution in [0.4, 0.5) is 13.2 Å². The Morgan fingerprint density at radius 2 is 1.80 bits per heavy atom. The highest BCUT2D eigenvalue weighted by Crippen LogP contribution is 2.58. The van der Waals surface area contributed by atoms with Gasteiger partial charge in [-0.15, -0.1) is 13.2 Å². The largest absolute Gasteiger partial charge is 0.573 e. The van der Waals surface area contributed by atoms with Crippen LogP contribution >= 0.6 is 0 Å². The molecular formula is C14H15F3O3. The summed E-state index contributed by atoms with van der Waals surface area (Å²) in [5.74, 6) is -0.220. The summed E-state index contributed by atoms with van der Waals surface area (Å²) in [7, 11) is 0. The maximum Gasteiger partial charge on any atom is 0.573 e. The number of hydrogen-bond acceptors (Lipinski definition) is 3. The van der Waals surface area contributed by atoms with Crippen molar-refractivity contribution in [2.45, 2.75) is 24.6 Å². The molecule has 0 atom stereocenters. The summed E-state index contributed by atoms with van der Waals surface area (Å²) in [6.45, 7) is 1.19.